The molecule has 138 valence electrons. The molecule has 0 radical (unpaired) electrons. The highest BCUT2D eigenvalue weighted by Crippen LogP contribution is 2.29. The van der Waals surface area contributed by atoms with Crippen LogP contribution in [0.3, 0.4) is 0 Å². The Kier molecular flexibility index (Phi) is 6.20. The van der Waals surface area contributed by atoms with Crippen molar-refractivity contribution in [2.75, 3.05) is 26.8 Å². The second-order valence-electron chi connectivity index (χ2n) is 6.57. The molecule has 26 heavy (non-hydrogen) atoms. The third-order valence-electron chi connectivity index (χ3n) is 4.68. The predicted molar refractivity (Wildman–Crippen MR) is 99.0 cm³/mol. The minimum Gasteiger partial charge on any atom is -0.439 e. The number of benzene rings is 1. The van der Waals surface area contributed by atoms with Gasteiger partial charge in [-0.15, -0.1) is 0 Å². The summed E-state index contributed by atoms with van der Waals surface area (Å²) in [7, 11) is 1.65. The molecule has 6 nitrogen and oxygen atoms in total. The molecule has 2 aromatic rings. The Morgan fingerprint density at radius 3 is 2.62 bits per heavy atom. The number of hydrogen-bond donors (Lipinski definition) is 2. The summed E-state index contributed by atoms with van der Waals surface area (Å²) in [5.74, 6) is 1.32. The first-order valence-electron chi connectivity index (χ1n) is 8.88. The SMILES string of the molecule is COCC1(C(=O)NCc2ccc(Oc3ccccc3)nc2)CCNCC1. The van der Waals surface area contributed by atoms with E-state index in [1.807, 2.05) is 42.5 Å². The molecule has 1 fully saturated rings. The van der Waals surface area contributed by atoms with Crippen LogP contribution in [0.4, 0.5) is 0 Å². The van der Waals surface area contributed by atoms with Gasteiger partial charge in [-0.1, -0.05) is 24.3 Å². The van der Waals surface area contributed by atoms with Crippen molar-refractivity contribution in [1.29, 1.82) is 0 Å². The molecule has 1 aliphatic rings. The number of aromatic nitrogens is 1. The van der Waals surface area contributed by atoms with Gasteiger partial charge in [-0.25, -0.2) is 4.98 Å². The van der Waals surface area contributed by atoms with E-state index in [-0.39, 0.29) is 5.91 Å². The zero-order valence-electron chi connectivity index (χ0n) is 15.0. The fraction of sp³-hybridized carbons (Fsp3) is 0.400. The standard InChI is InChI=1S/C20H25N3O3/c1-25-15-20(9-11-21-12-10-20)19(24)23-14-16-7-8-18(22-13-16)26-17-5-3-2-4-6-17/h2-8,13,21H,9-12,14-15H2,1H3,(H,23,24). The number of methoxy groups -OCH3 is 1. The van der Waals surface area contributed by atoms with Gasteiger partial charge in [0.1, 0.15) is 5.75 Å². The molecule has 0 bridgehead atoms. The maximum absolute atomic E-state index is 12.7. The van der Waals surface area contributed by atoms with Gasteiger partial charge in [0.05, 0.1) is 12.0 Å². The number of amides is 1. The fourth-order valence-electron chi connectivity index (χ4n) is 3.17. The maximum atomic E-state index is 12.7. The average Bonchev–Trinajstić information content (AvgIpc) is 2.69. The van der Waals surface area contributed by atoms with Crippen molar-refractivity contribution in [3.63, 3.8) is 0 Å². The molecular formula is C20H25N3O3. The van der Waals surface area contributed by atoms with E-state index in [0.717, 1.165) is 37.2 Å². The van der Waals surface area contributed by atoms with Crippen molar-refractivity contribution in [3.8, 4) is 11.6 Å². The molecular weight excluding hydrogens is 330 g/mol. The van der Waals surface area contributed by atoms with Crippen LogP contribution in [-0.4, -0.2) is 37.7 Å². The average molecular weight is 355 g/mol. The normalized spacial score (nSPS) is 16.0. The zero-order chi connectivity index (χ0) is 18.2. The molecule has 1 aliphatic heterocycles. The first-order chi connectivity index (χ1) is 12.7. The lowest BCUT2D eigenvalue weighted by atomic mass is 9.78. The Morgan fingerprint density at radius 1 is 1.19 bits per heavy atom. The monoisotopic (exact) mass is 355 g/mol. The second kappa shape index (κ2) is 8.78. The summed E-state index contributed by atoms with van der Waals surface area (Å²) in [4.78, 5) is 17.0. The smallest absolute Gasteiger partial charge is 0.228 e. The number of nitrogens with zero attached hydrogens (tertiary/aromatic N) is 1. The lowest BCUT2D eigenvalue weighted by Gasteiger charge is -2.35. The van der Waals surface area contributed by atoms with Crippen LogP contribution in [0.25, 0.3) is 0 Å². The largest absolute Gasteiger partial charge is 0.439 e. The van der Waals surface area contributed by atoms with Gasteiger partial charge >= 0.3 is 0 Å². The van der Waals surface area contributed by atoms with Crippen LogP contribution in [0.2, 0.25) is 0 Å². The van der Waals surface area contributed by atoms with Crippen molar-refractivity contribution in [3.05, 3.63) is 54.2 Å². The molecule has 0 saturated carbocycles. The van der Waals surface area contributed by atoms with E-state index >= 15 is 0 Å². The fourth-order valence-corrected chi connectivity index (χ4v) is 3.17. The molecule has 3 rings (SSSR count). The first-order valence-corrected chi connectivity index (χ1v) is 8.88. The van der Waals surface area contributed by atoms with Gasteiger partial charge in [0.15, 0.2) is 0 Å². The summed E-state index contributed by atoms with van der Waals surface area (Å²) in [5, 5.41) is 6.33. The Balaban J connectivity index is 1.56. The molecule has 0 atom stereocenters. The molecule has 0 aliphatic carbocycles. The van der Waals surface area contributed by atoms with Crippen molar-refractivity contribution >= 4 is 5.91 Å². The van der Waals surface area contributed by atoms with E-state index in [0.29, 0.717) is 19.0 Å². The highest BCUT2D eigenvalue weighted by atomic mass is 16.5. The number of hydrogen-bond acceptors (Lipinski definition) is 5. The van der Waals surface area contributed by atoms with E-state index in [9.17, 15) is 4.79 Å². The van der Waals surface area contributed by atoms with Crippen LogP contribution in [0.1, 0.15) is 18.4 Å². The summed E-state index contributed by atoms with van der Waals surface area (Å²) in [5.41, 5.74) is 0.490. The van der Waals surface area contributed by atoms with Gasteiger partial charge < -0.3 is 20.1 Å². The molecule has 0 spiro atoms. The number of carbonyl (C=O) groups is 1. The lowest BCUT2D eigenvalue weighted by molar-refractivity contribution is -0.136. The molecule has 0 unspecified atom stereocenters. The number of piperidine rings is 1. The highest BCUT2D eigenvalue weighted by molar-refractivity contribution is 5.83. The van der Waals surface area contributed by atoms with Gasteiger partial charge in [0.2, 0.25) is 11.8 Å². The van der Waals surface area contributed by atoms with E-state index in [1.54, 1.807) is 13.3 Å². The number of pyridine rings is 1. The third-order valence-corrected chi connectivity index (χ3v) is 4.68. The highest BCUT2D eigenvalue weighted by Gasteiger charge is 2.39. The van der Waals surface area contributed by atoms with Gasteiger partial charge in [-0.3, -0.25) is 4.79 Å². The zero-order valence-corrected chi connectivity index (χ0v) is 15.0. The van der Waals surface area contributed by atoms with Crippen molar-refractivity contribution < 1.29 is 14.3 Å². The number of nitrogens with one attached hydrogen (secondary N) is 2. The minimum absolute atomic E-state index is 0.0467. The van der Waals surface area contributed by atoms with Crippen LogP contribution < -0.4 is 15.4 Å². The number of rotatable bonds is 7. The topological polar surface area (TPSA) is 72.5 Å². The van der Waals surface area contributed by atoms with Gasteiger partial charge in [0, 0.05) is 25.9 Å². The van der Waals surface area contributed by atoms with E-state index in [4.69, 9.17) is 9.47 Å². The molecule has 1 saturated heterocycles. The van der Waals surface area contributed by atoms with Gasteiger partial charge in [0.25, 0.3) is 0 Å². The lowest BCUT2D eigenvalue weighted by Crippen LogP contribution is -2.49. The molecule has 2 N–H and O–H groups in total. The molecule has 1 amide bonds. The molecule has 6 heteroatoms. The third kappa shape index (κ3) is 4.59. The van der Waals surface area contributed by atoms with Crippen LogP contribution in [0.5, 0.6) is 11.6 Å². The Hall–Kier alpha value is -2.44. The second-order valence-corrected chi connectivity index (χ2v) is 6.57. The Bertz CT molecular complexity index is 692. The molecule has 2 heterocycles. The van der Waals surface area contributed by atoms with Gasteiger partial charge in [-0.05, 0) is 43.6 Å². The van der Waals surface area contributed by atoms with E-state index in [2.05, 4.69) is 15.6 Å². The van der Waals surface area contributed by atoms with Crippen molar-refractivity contribution in [2.45, 2.75) is 19.4 Å². The minimum atomic E-state index is -0.441. The molecule has 1 aromatic carbocycles. The van der Waals surface area contributed by atoms with Crippen LogP contribution >= 0.6 is 0 Å². The Morgan fingerprint density at radius 2 is 1.96 bits per heavy atom. The summed E-state index contributed by atoms with van der Waals surface area (Å²) >= 11 is 0. The van der Waals surface area contributed by atoms with E-state index in [1.165, 1.54) is 0 Å². The quantitative estimate of drug-likeness (QED) is 0.798. The van der Waals surface area contributed by atoms with E-state index < -0.39 is 5.41 Å². The van der Waals surface area contributed by atoms with Gasteiger partial charge in [-0.2, -0.15) is 0 Å². The number of ether oxygens (including phenoxy) is 2. The van der Waals surface area contributed by atoms with Crippen molar-refractivity contribution in [2.24, 2.45) is 5.41 Å². The molecule has 1 aromatic heterocycles. The predicted octanol–water partition coefficient (Wildman–Crippen LogP) is 2.51. The summed E-state index contributed by atoms with van der Waals surface area (Å²) in [6.07, 6.45) is 3.30. The Labute approximate surface area is 153 Å². The summed E-state index contributed by atoms with van der Waals surface area (Å²) < 4.78 is 11.0. The summed E-state index contributed by atoms with van der Waals surface area (Å²) in [6.45, 7) is 2.56. The maximum Gasteiger partial charge on any atom is 0.228 e. The summed E-state index contributed by atoms with van der Waals surface area (Å²) in [6, 6.07) is 13.2. The number of carbonyl (C=O) groups excluding carboxylic acids is 1. The number of para-hydroxylation sites is 1. The van der Waals surface area contributed by atoms with Crippen LogP contribution in [-0.2, 0) is 16.1 Å². The van der Waals surface area contributed by atoms with Crippen LogP contribution in [0.15, 0.2) is 48.7 Å². The first kappa shape index (κ1) is 18.4. The van der Waals surface area contributed by atoms with Crippen molar-refractivity contribution in [1.82, 2.24) is 15.6 Å². The van der Waals surface area contributed by atoms with Crippen LogP contribution in [0, 0.1) is 5.41 Å².